The van der Waals surface area contributed by atoms with Crippen molar-refractivity contribution in [2.75, 3.05) is 19.3 Å². The van der Waals surface area contributed by atoms with Crippen LogP contribution in [0.2, 0.25) is 0 Å². The average Bonchev–Trinajstić information content (AvgIpc) is 2.53. The van der Waals surface area contributed by atoms with E-state index < -0.39 is 10.0 Å². The second kappa shape index (κ2) is 6.29. The molecule has 1 amide bonds. The predicted octanol–water partition coefficient (Wildman–Crippen LogP) is 1.99. The first kappa shape index (κ1) is 16.0. The minimum Gasteiger partial charge on any atom is -0.339 e. The van der Waals surface area contributed by atoms with Crippen LogP contribution in [0, 0.1) is 0 Å². The Morgan fingerprint density at radius 2 is 1.74 bits per heavy atom. The van der Waals surface area contributed by atoms with Crippen molar-refractivity contribution in [3.8, 4) is 0 Å². The van der Waals surface area contributed by atoms with Crippen molar-refractivity contribution in [1.82, 2.24) is 9.62 Å². The van der Waals surface area contributed by atoms with Crippen molar-refractivity contribution in [2.45, 2.75) is 18.9 Å². The summed E-state index contributed by atoms with van der Waals surface area (Å²) in [4.78, 5) is 14.4. The normalized spacial score (nSPS) is 16.7. The smallest absolute Gasteiger partial charge is 0.253 e. The summed E-state index contributed by atoms with van der Waals surface area (Å²) in [5, 5.41) is 2.16. The second-order valence-corrected chi connectivity index (χ2v) is 7.80. The van der Waals surface area contributed by atoms with Gasteiger partial charge >= 0.3 is 0 Å². The molecule has 5 nitrogen and oxygen atoms in total. The number of benzene rings is 2. The van der Waals surface area contributed by atoms with E-state index in [0.29, 0.717) is 31.5 Å². The van der Waals surface area contributed by atoms with E-state index in [0.717, 1.165) is 10.8 Å². The van der Waals surface area contributed by atoms with Gasteiger partial charge in [0, 0.05) is 24.7 Å². The number of likely N-dealkylation sites (tertiary alicyclic amines) is 1. The Balaban J connectivity index is 1.69. The van der Waals surface area contributed by atoms with Crippen LogP contribution in [-0.2, 0) is 10.0 Å². The molecule has 1 saturated heterocycles. The topological polar surface area (TPSA) is 66.5 Å². The van der Waals surface area contributed by atoms with Gasteiger partial charge in [0.2, 0.25) is 10.0 Å². The molecule has 0 spiro atoms. The van der Waals surface area contributed by atoms with Gasteiger partial charge in [-0.05, 0) is 35.7 Å². The third-order valence-corrected chi connectivity index (χ3v) is 4.92. The van der Waals surface area contributed by atoms with Crippen molar-refractivity contribution >= 4 is 26.7 Å². The molecule has 0 saturated carbocycles. The van der Waals surface area contributed by atoms with Crippen LogP contribution >= 0.6 is 0 Å². The van der Waals surface area contributed by atoms with E-state index in [1.165, 1.54) is 6.26 Å². The first-order valence-electron chi connectivity index (χ1n) is 7.68. The summed E-state index contributed by atoms with van der Waals surface area (Å²) in [6.07, 6.45) is 2.46. The fraction of sp³-hybridized carbons (Fsp3) is 0.353. The largest absolute Gasteiger partial charge is 0.339 e. The highest BCUT2D eigenvalue weighted by molar-refractivity contribution is 7.88. The zero-order valence-corrected chi connectivity index (χ0v) is 13.8. The van der Waals surface area contributed by atoms with Gasteiger partial charge in [0.05, 0.1) is 6.26 Å². The third-order valence-electron chi connectivity index (χ3n) is 4.16. The van der Waals surface area contributed by atoms with Crippen LogP contribution in [0.5, 0.6) is 0 Å². The Bertz CT molecular complexity index is 825. The third kappa shape index (κ3) is 3.89. The molecule has 1 heterocycles. The first-order chi connectivity index (χ1) is 10.9. The quantitative estimate of drug-likeness (QED) is 0.935. The number of carbonyl (C=O) groups is 1. The lowest BCUT2D eigenvalue weighted by molar-refractivity contribution is 0.0711. The second-order valence-electron chi connectivity index (χ2n) is 6.02. The Labute approximate surface area is 136 Å². The molecule has 0 radical (unpaired) electrons. The summed E-state index contributed by atoms with van der Waals surface area (Å²) < 4.78 is 25.2. The lowest BCUT2D eigenvalue weighted by Crippen LogP contribution is -2.46. The van der Waals surface area contributed by atoms with Crippen molar-refractivity contribution in [3.05, 3.63) is 48.0 Å². The molecular formula is C17H20N2O3S. The Morgan fingerprint density at radius 1 is 1.09 bits per heavy atom. The molecule has 1 aliphatic heterocycles. The van der Waals surface area contributed by atoms with Gasteiger partial charge in [0.1, 0.15) is 0 Å². The van der Waals surface area contributed by atoms with Crippen molar-refractivity contribution < 1.29 is 13.2 Å². The maximum atomic E-state index is 12.6. The molecule has 2 aromatic rings. The molecule has 23 heavy (non-hydrogen) atoms. The molecule has 6 heteroatoms. The maximum Gasteiger partial charge on any atom is 0.253 e. The number of nitrogens with one attached hydrogen (secondary N) is 1. The summed E-state index contributed by atoms with van der Waals surface area (Å²) in [6.45, 7) is 1.14. The van der Waals surface area contributed by atoms with Crippen molar-refractivity contribution in [1.29, 1.82) is 0 Å². The van der Waals surface area contributed by atoms with Crippen molar-refractivity contribution in [2.24, 2.45) is 0 Å². The highest BCUT2D eigenvalue weighted by Gasteiger charge is 2.25. The summed E-state index contributed by atoms with van der Waals surface area (Å²) in [5.74, 6) is 0.00792. The van der Waals surface area contributed by atoms with Gasteiger partial charge in [-0.3, -0.25) is 4.79 Å². The fourth-order valence-electron chi connectivity index (χ4n) is 3.01. The van der Waals surface area contributed by atoms with E-state index >= 15 is 0 Å². The number of fused-ring (bicyclic) bond motifs is 1. The van der Waals surface area contributed by atoms with Crippen LogP contribution < -0.4 is 4.72 Å². The molecule has 0 aromatic heterocycles. The van der Waals surface area contributed by atoms with E-state index in [-0.39, 0.29) is 11.9 Å². The van der Waals surface area contributed by atoms with E-state index in [2.05, 4.69) is 4.72 Å². The molecule has 1 N–H and O–H groups in total. The fourth-order valence-corrected chi connectivity index (χ4v) is 3.85. The molecule has 0 unspecified atom stereocenters. The molecule has 2 aromatic carbocycles. The van der Waals surface area contributed by atoms with Crippen LogP contribution in [0.25, 0.3) is 10.8 Å². The van der Waals surface area contributed by atoms with Crippen molar-refractivity contribution in [3.63, 3.8) is 0 Å². The van der Waals surface area contributed by atoms with Crippen LogP contribution in [0.1, 0.15) is 23.2 Å². The van der Waals surface area contributed by atoms with Gasteiger partial charge in [0.15, 0.2) is 0 Å². The minimum absolute atomic E-state index is 0.00792. The molecule has 1 aliphatic rings. The molecule has 0 bridgehead atoms. The molecular weight excluding hydrogens is 312 g/mol. The number of nitrogens with zero attached hydrogens (tertiary/aromatic N) is 1. The van der Waals surface area contributed by atoms with Crippen LogP contribution in [0.4, 0.5) is 0 Å². The summed E-state index contributed by atoms with van der Waals surface area (Å²) in [5.41, 5.74) is 0.679. The number of piperidine rings is 1. The SMILES string of the molecule is CS(=O)(=O)NC1CCN(C(=O)c2ccc3ccccc3c2)CC1. The van der Waals surface area contributed by atoms with E-state index in [9.17, 15) is 13.2 Å². The van der Waals surface area contributed by atoms with Crippen LogP contribution in [0.3, 0.4) is 0 Å². The van der Waals surface area contributed by atoms with Gasteiger partial charge in [-0.2, -0.15) is 0 Å². The lowest BCUT2D eigenvalue weighted by atomic mass is 10.0. The van der Waals surface area contributed by atoms with Crippen LogP contribution in [0.15, 0.2) is 42.5 Å². The zero-order valence-electron chi connectivity index (χ0n) is 13.0. The Kier molecular flexibility index (Phi) is 4.37. The van der Waals surface area contributed by atoms with E-state index in [1.54, 1.807) is 4.90 Å². The number of rotatable bonds is 3. The number of sulfonamides is 1. The molecule has 0 aliphatic carbocycles. The van der Waals surface area contributed by atoms with E-state index in [4.69, 9.17) is 0 Å². The average molecular weight is 332 g/mol. The predicted molar refractivity (Wildman–Crippen MR) is 90.9 cm³/mol. The molecule has 0 atom stereocenters. The van der Waals surface area contributed by atoms with Gasteiger partial charge in [-0.15, -0.1) is 0 Å². The zero-order chi connectivity index (χ0) is 16.4. The monoisotopic (exact) mass is 332 g/mol. The molecule has 3 rings (SSSR count). The number of hydrogen-bond donors (Lipinski definition) is 1. The van der Waals surface area contributed by atoms with E-state index in [1.807, 2.05) is 42.5 Å². The minimum atomic E-state index is -3.19. The maximum absolute atomic E-state index is 12.6. The van der Waals surface area contributed by atoms with Gasteiger partial charge in [-0.1, -0.05) is 30.3 Å². The summed E-state index contributed by atoms with van der Waals surface area (Å²) >= 11 is 0. The number of amides is 1. The lowest BCUT2D eigenvalue weighted by Gasteiger charge is -2.32. The number of carbonyl (C=O) groups excluding carboxylic acids is 1. The standard InChI is InChI=1S/C17H20N2O3S/c1-23(21,22)18-16-8-10-19(11-9-16)17(20)15-7-6-13-4-2-3-5-14(13)12-15/h2-7,12,16,18H,8-11H2,1H3. The number of hydrogen-bond acceptors (Lipinski definition) is 3. The Morgan fingerprint density at radius 3 is 2.39 bits per heavy atom. The molecule has 122 valence electrons. The highest BCUT2D eigenvalue weighted by Crippen LogP contribution is 2.19. The molecule has 1 fully saturated rings. The van der Waals surface area contributed by atoms with Gasteiger partial charge in [-0.25, -0.2) is 13.1 Å². The first-order valence-corrected chi connectivity index (χ1v) is 9.57. The van der Waals surface area contributed by atoms with Crippen LogP contribution in [-0.4, -0.2) is 44.6 Å². The highest BCUT2D eigenvalue weighted by atomic mass is 32.2. The Hall–Kier alpha value is -1.92. The van der Waals surface area contributed by atoms with Gasteiger partial charge in [0.25, 0.3) is 5.91 Å². The van der Waals surface area contributed by atoms with Gasteiger partial charge < -0.3 is 4.90 Å². The summed E-state index contributed by atoms with van der Waals surface area (Å²) in [7, 11) is -3.19. The summed E-state index contributed by atoms with van der Waals surface area (Å²) in [6, 6.07) is 13.6.